The smallest absolute Gasteiger partial charge is 0.462 e. The van der Waals surface area contributed by atoms with Crippen LogP contribution in [0.4, 0.5) is 0 Å². The summed E-state index contributed by atoms with van der Waals surface area (Å²) in [4.78, 5) is 72.6. The normalized spacial score (nSPS) is 14.2. The zero-order valence-electron chi connectivity index (χ0n) is 59.9. The van der Waals surface area contributed by atoms with Gasteiger partial charge in [-0.3, -0.25) is 37.3 Å². The van der Waals surface area contributed by atoms with Gasteiger partial charge < -0.3 is 33.8 Å². The quantitative estimate of drug-likeness (QED) is 0.0169. The Kier molecular flexibility index (Phi) is 65.0. The van der Waals surface area contributed by atoms with E-state index in [4.69, 9.17) is 37.0 Å². The molecule has 0 aromatic carbocycles. The molecule has 0 saturated heterocycles. The average molecular weight is 1360 g/mol. The van der Waals surface area contributed by atoms with Gasteiger partial charge in [0.2, 0.25) is 0 Å². The Morgan fingerprint density at radius 3 is 0.882 bits per heavy atom. The van der Waals surface area contributed by atoms with E-state index in [2.05, 4.69) is 58.9 Å². The number of aliphatic hydroxyl groups excluding tert-OH is 1. The SMILES string of the molecule is CCCCCC/C=C\C=C/CCCCCCCC(=O)OC[C@H](COP(=O)(O)OC[C@@H](O)COP(=O)(O)OC[C@@H](COC(=O)CCCCCCCCCCC)OC(=O)CCCCCCCCCCCC)OC(=O)CCCCCCCCCCCCCCCCCCC(C)C. The van der Waals surface area contributed by atoms with Gasteiger partial charge in [0.1, 0.15) is 19.3 Å². The van der Waals surface area contributed by atoms with Gasteiger partial charge in [0, 0.05) is 25.7 Å². The number of hydrogen-bond donors (Lipinski definition) is 3. The first kappa shape index (κ1) is 90.5. The van der Waals surface area contributed by atoms with E-state index in [1.807, 2.05) is 0 Å². The maximum atomic E-state index is 13.1. The molecule has 19 heteroatoms. The van der Waals surface area contributed by atoms with Crippen LogP contribution in [-0.2, 0) is 65.4 Å². The number of phosphoric ester groups is 2. The van der Waals surface area contributed by atoms with E-state index in [-0.39, 0.29) is 25.7 Å². The van der Waals surface area contributed by atoms with Gasteiger partial charge in [0.05, 0.1) is 26.4 Å². The van der Waals surface area contributed by atoms with Gasteiger partial charge in [-0.25, -0.2) is 9.13 Å². The number of ether oxygens (including phenoxy) is 4. The second kappa shape index (κ2) is 66.8. The summed E-state index contributed by atoms with van der Waals surface area (Å²) in [5.41, 5.74) is 0. The van der Waals surface area contributed by atoms with Gasteiger partial charge in [-0.1, -0.05) is 309 Å². The highest BCUT2D eigenvalue weighted by Gasteiger charge is 2.30. The van der Waals surface area contributed by atoms with Gasteiger partial charge in [0.25, 0.3) is 0 Å². The molecule has 0 rings (SSSR count). The van der Waals surface area contributed by atoms with Crippen molar-refractivity contribution in [3.63, 3.8) is 0 Å². The van der Waals surface area contributed by atoms with Crippen LogP contribution in [0.5, 0.6) is 0 Å². The summed E-state index contributed by atoms with van der Waals surface area (Å²) in [7, 11) is -9.91. The van der Waals surface area contributed by atoms with Crippen LogP contribution in [0.2, 0.25) is 0 Å². The molecule has 0 aromatic rings. The maximum Gasteiger partial charge on any atom is 0.472 e. The van der Waals surface area contributed by atoms with Crippen molar-refractivity contribution < 1.29 is 80.2 Å². The minimum Gasteiger partial charge on any atom is -0.462 e. The first-order valence-corrected chi connectivity index (χ1v) is 40.9. The van der Waals surface area contributed by atoms with E-state index >= 15 is 0 Å². The summed E-state index contributed by atoms with van der Waals surface area (Å²) in [5, 5.41) is 10.6. The summed E-state index contributed by atoms with van der Waals surface area (Å²) in [6, 6.07) is 0. The molecular weight excluding hydrogens is 1220 g/mol. The molecule has 0 aliphatic carbocycles. The highest BCUT2D eigenvalue weighted by Crippen LogP contribution is 2.45. The molecule has 0 heterocycles. The lowest BCUT2D eigenvalue weighted by atomic mass is 10.0. The van der Waals surface area contributed by atoms with Crippen molar-refractivity contribution in [2.75, 3.05) is 39.6 Å². The van der Waals surface area contributed by atoms with Crippen LogP contribution in [0.3, 0.4) is 0 Å². The Hall–Kier alpha value is -2.46. The predicted octanol–water partition coefficient (Wildman–Crippen LogP) is 21.2. The van der Waals surface area contributed by atoms with Crippen molar-refractivity contribution in [3.8, 4) is 0 Å². The van der Waals surface area contributed by atoms with Gasteiger partial charge in [0.15, 0.2) is 12.2 Å². The molecule has 548 valence electrons. The third-order valence-electron chi connectivity index (χ3n) is 16.7. The van der Waals surface area contributed by atoms with Crippen LogP contribution >= 0.6 is 15.6 Å². The van der Waals surface area contributed by atoms with Crippen molar-refractivity contribution in [1.82, 2.24) is 0 Å². The lowest BCUT2D eigenvalue weighted by Gasteiger charge is -2.21. The van der Waals surface area contributed by atoms with Crippen molar-refractivity contribution in [2.45, 2.75) is 380 Å². The molecule has 0 aliphatic rings. The van der Waals surface area contributed by atoms with E-state index in [9.17, 15) is 43.2 Å². The molecule has 0 amide bonds. The van der Waals surface area contributed by atoms with Gasteiger partial charge in [-0.15, -0.1) is 0 Å². The maximum absolute atomic E-state index is 13.1. The zero-order valence-corrected chi connectivity index (χ0v) is 61.7. The monoisotopic (exact) mass is 1360 g/mol. The lowest BCUT2D eigenvalue weighted by molar-refractivity contribution is -0.161. The summed E-state index contributed by atoms with van der Waals surface area (Å²) in [5.74, 6) is -1.34. The van der Waals surface area contributed by atoms with Crippen LogP contribution in [0.15, 0.2) is 24.3 Å². The van der Waals surface area contributed by atoms with Crippen LogP contribution in [0, 0.1) is 5.92 Å². The molecule has 3 N–H and O–H groups in total. The summed E-state index contributed by atoms with van der Waals surface area (Å²) >= 11 is 0. The fourth-order valence-corrected chi connectivity index (χ4v) is 12.4. The topological polar surface area (TPSA) is 237 Å². The van der Waals surface area contributed by atoms with Crippen LogP contribution in [-0.4, -0.2) is 96.7 Å². The number of aliphatic hydroxyl groups is 1. The summed E-state index contributed by atoms with van der Waals surface area (Å²) < 4.78 is 68.3. The van der Waals surface area contributed by atoms with Crippen molar-refractivity contribution >= 4 is 39.5 Å². The van der Waals surface area contributed by atoms with Crippen molar-refractivity contribution in [3.05, 3.63) is 24.3 Å². The molecule has 0 spiro atoms. The fraction of sp³-hybridized carbons (Fsp3) is 0.892. The molecule has 17 nitrogen and oxygen atoms in total. The number of hydrogen-bond acceptors (Lipinski definition) is 15. The number of phosphoric acid groups is 2. The molecule has 0 radical (unpaired) electrons. The van der Waals surface area contributed by atoms with E-state index in [1.165, 1.54) is 167 Å². The largest absolute Gasteiger partial charge is 0.472 e. The van der Waals surface area contributed by atoms with Gasteiger partial charge in [-0.05, 0) is 57.3 Å². The molecule has 93 heavy (non-hydrogen) atoms. The number of rotatable bonds is 72. The predicted molar refractivity (Wildman–Crippen MR) is 377 cm³/mol. The molecule has 0 saturated carbocycles. The Balaban J connectivity index is 5.24. The number of allylic oxidation sites excluding steroid dienone is 4. The Morgan fingerprint density at radius 1 is 0.333 bits per heavy atom. The second-order valence-electron chi connectivity index (χ2n) is 26.5. The standard InChI is InChI=1S/C74H140O17P2/c1-6-9-12-15-18-21-23-24-27-31-34-39-43-48-53-58-72(77)85-64-70(91-74(79)60-55-50-45-40-35-32-29-26-25-28-30-33-37-41-46-51-56-67(4)5)66-89-93(82,83)87-62-68(75)61-86-92(80,81)88-65-69(63-84-71(76)57-52-47-42-36-20-17-14-11-8-3)90-73(78)59-54-49-44-38-22-19-16-13-10-7-2/h21,23-24,27,67-70,75H,6-20,22,25-26,28-66H2,1-5H3,(H,80,81)(H,82,83)/b23-21-,27-24-/t68-,69+,70+/m0/s1. The van der Waals surface area contributed by atoms with E-state index in [0.717, 1.165) is 115 Å². The molecule has 0 aliphatic heterocycles. The highest BCUT2D eigenvalue weighted by molar-refractivity contribution is 7.47. The first-order valence-electron chi connectivity index (χ1n) is 38.0. The van der Waals surface area contributed by atoms with E-state index < -0.39 is 97.5 Å². The van der Waals surface area contributed by atoms with Crippen molar-refractivity contribution in [2.24, 2.45) is 5.92 Å². The number of carbonyl (C=O) groups excluding carboxylic acids is 4. The third kappa shape index (κ3) is 67.9. The number of carbonyl (C=O) groups is 4. The van der Waals surface area contributed by atoms with Crippen LogP contribution < -0.4 is 0 Å². The zero-order chi connectivity index (χ0) is 68.4. The molecule has 2 unspecified atom stereocenters. The molecule has 0 bridgehead atoms. The van der Waals surface area contributed by atoms with Crippen LogP contribution in [0.1, 0.15) is 362 Å². The Labute approximate surface area is 567 Å². The minimum absolute atomic E-state index is 0.101. The first-order chi connectivity index (χ1) is 45.0. The van der Waals surface area contributed by atoms with E-state index in [0.29, 0.717) is 25.7 Å². The third-order valence-corrected chi connectivity index (χ3v) is 18.6. The molecule has 5 atom stereocenters. The molecule has 0 fully saturated rings. The molecule has 0 aromatic heterocycles. The molecular formula is C74H140O17P2. The Morgan fingerprint density at radius 2 is 0.581 bits per heavy atom. The summed E-state index contributed by atoms with van der Waals surface area (Å²) in [6.07, 6.45) is 57.7. The lowest BCUT2D eigenvalue weighted by Crippen LogP contribution is -2.30. The van der Waals surface area contributed by atoms with Gasteiger partial charge >= 0.3 is 39.5 Å². The number of unbranched alkanes of at least 4 members (excludes halogenated alkanes) is 41. The fourth-order valence-electron chi connectivity index (χ4n) is 10.8. The average Bonchev–Trinajstić information content (AvgIpc) is 1.57. The number of esters is 4. The second-order valence-corrected chi connectivity index (χ2v) is 29.4. The van der Waals surface area contributed by atoms with Crippen molar-refractivity contribution in [1.29, 1.82) is 0 Å². The minimum atomic E-state index is -4.96. The highest BCUT2D eigenvalue weighted by atomic mass is 31.2. The summed E-state index contributed by atoms with van der Waals surface area (Å²) in [6.45, 7) is 7.21. The van der Waals surface area contributed by atoms with Gasteiger partial charge in [-0.2, -0.15) is 0 Å². The van der Waals surface area contributed by atoms with E-state index in [1.54, 1.807) is 0 Å². The van der Waals surface area contributed by atoms with Crippen LogP contribution in [0.25, 0.3) is 0 Å². The Bertz CT molecular complexity index is 1880.